The SMILES string of the molecule is CCCC1CCC(O)(C#Cc2nc(N)c3ncn(C4O[C@H](C(=O)NC5CC5)[C@H](O)[C@@H]4O)c3n2)CC1. The molecule has 1 aliphatic heterocycles. The minimum atomic E-state index is -1.41. The molecule has 1 unspecified atom stereocenters. The summed E-state index contributed by atoms with van der Waals surface area (Å²) in [5.41, 5.74) is 5.53. The van der Waals surface area contributed by atoms with Gasteiger partial charge in [-0.05, 0) is 50.4 Å². The summed E-state index contributed by atoms with van der Waals surface area (Å²) >= 11 is 0. The van der Waals surface area contributed by atoms with Crippen molar-refractivity contribution in [3.8, 4) is 11.8 Å². The van der Waals surface area contributed by atoms with Crippen LogP contribution in [0, 0.1) is 17.8 Å². The predicted molar refractivity (Wildman–Crippen MR) is 126 cm³/mol. The van der Waals surface area contributed by atoms with Crippen molar-refractivity contribution in [1.29, 1.82) is 0 Å². The molecule has 5 rings (SSSR count). The lowest BCUT2D eigenvalue weighted by molar-refractivity contribution is -0.137. The molecule has 2 aromatic rings. The summed E-state index contributed by atoms with van der Waals surface area (Å²) in [4.78, 5) is 25.3. The molecule has 2 aliphatic carbocycles. The van der Waals surface area contributed by atoms with Gasteiger partial charge in [-0.3, -0.25) is 9.36 Å². The standard InChI is InChI=1S/C24H32N6O5/c1-2-3-13-6-9-24(34,10-7-13)11-8-15-28-20(25)16-21(29-15)30(12-26-16)23-18(32)17(31)19(35-23)22(33)27-14-4-5-14/h12-14,17-19,23,31-32,34H,2-7,9-10H2,1H3,(H,27,33)(H2,25,28,29)/t13?,17-,18+,19+,23?,24?/m1/s1. The molecule has 35 heavy (non-hydrogen) atoms. The average molecular weight is 485 g/mol. The summed E-state index contributed by atoms with van der Waals surface area (Å²) in [6.07, 6.45) is 3.41. The van der Waals surface area contributed by atoms with Gasteiger partial charge in [0.15, 0.2) is 23.8 Å². The third-order valence-electron chi connectivity index (χ3n) is 7.18. The molecule has 2 aromatic heterocycles. The maximum Gasteiger partial charge on any atom is 0.252 e. The van der Waals surface area contributed by atoms with Crippen LogP contribution in [0.3, 0.4) is 0 Å². The van der Waals surface area contributed by atoms with Gasteiger partial charge in [-0.25, -0.2) is 15.0 Å². The van der Waals surface area contributed by atoms with E-state index in [0.717, 1.165) is 38.5 Å². The lowest BCUT2D eigenvalue weighted by atomic mass is 9.77. The molecule has 0 spiro atoms. The number of fused-ring (bicyclic) bond motifs is 1. The van der Waals surface area contributed by atoms with Crippen molar-refractivity contribution in [2.75, 3.05) is 5.73 Å². The number of hydrogen-bond donors (Lipinski definition) is 5. The first-order valence-electron chi connectivity index (χ1n) is 12.4. The van der Waals surface area contributed by atoms with Crippen LogP contribution in [0.5, 0.6) is 0 Å². The van der Waals surface area contributed by atoms with E-state index in [1.165, 1.54) is 10.9 Å². The van der Waals surface area contributed by atoms with E-state index < -0.39 is 36.0 Å². The first kappa shape index (κ1) is 23.9. The number of carbonyl (C=O) groups excluding carboxylic acids is 1. The van der Waals surface area contributed by atoms with E-state index in [1.807, 2.05) is 0 Å². The molecular weight excluding hydrogens is 452 g/mol. The number of aliphatic hydroxyl groups is 3. The Bertz CT molecular complexity index is 1160. The molecule has 1 amide bonds. The summed E-state index contributed by atoms with van der Waals surface area (Å²) in [7, 11) is 0. The number of nitrogen functional groups attached to an aromatic ring is 1. The van der Waals surface area contributed by atoms with E-state index in [9.17, 15) is 20.1 Å². The number of hydrogen-bond acceptors (Lipinski definition) is 9. The quantitative estimate of drug-likeness (QED) is 0.377. The van der Waals surface area contributed by atoms with Crippen LogP contribution in [-0.4, -0.2) is 70.7 Å². The van der Waals surface area contributed by atoms with Crippen molar-refractivity contribution in [1.82, 2.24) is 24.8 Å². The second kappa shape index (κ2) is 9.35. The van der Waals surface area contributed by atoms with Crippen molar-refractivity contribution < 1.29 is 24.9 Å². The van der Waals surface area contributed by atoms with Crippen molar-refractivity contribution in [2.24, 2.45) is 5.92 Å². The van der Waals surface area contributed by atoms with E-state index in [0.29, 0.717) is 18.8 Å². The monoisotopic (exact) mass is 484 g/mol. The van der Waals surface area contributed by atoms with Gasteiger partial charge in [0.2, 0.25) is 5.82 Å². The molecule has 188 valence electrons. The highest BCUT2D eigenvalue weighted by Crippen LogP contribution is 2.35. The Hall–Kier alpha value is -2.78. The topological polar surface area (TPSA) is 169 Å². The molecule has 0 aromatic carbocycles. The van der Waals surface area contributed by atoms with Gasteiger partial charge in [0.1, 0.15) is 23.3 Å². The molecule has 11 nitrogen and oxygen atoms in total. The number of anilines is 1. The number of carbonyl (C=O) groups is 1. The Morgan fingerprint density at radius 1 is 1.26 bits per heavy atom. The van der Waals surface area contributed by atoms with Gasteiger partial charge < -0.3 is 31.1 Å². The average Bonchev–Trinajstić information content (AvgIpc) is 3.47. The second-order valence-corrected chi connectivity index (χ2v) is 9.98. The molecule has 3 fully saturated rings. The summed E-state index contributed by atoms with van der Waals surface area (Å²) < 4.78 is 7.16. The summed E-state index contributed by atoms with van der Waals surface area (Å²) in [5, 5.41) is 34.8. The maximum absolute atomic E-state index is 12.4. The Morgan fingerprint density at radius 3 is 2.69 bits per heavy atom. The number of nitrogens with two attached hydrogens (primary N) is 1. The van der Waals surface area contributed by atoms with E-state index in [1.54, 1.807) is 0 Å². The molecule has 1 saturated heterocycles. The Morgan fingerprint density at radius 2 is 2.00 bits per heavy atom. The fourth-order valence-electron chi connectivity index (χ4n) is 4.95. The minimum absolute atomic E-state index is 0.0905. The van der Waals surface area contributed by atoms with Gasteiger partial charge in [0.05, 0.1) is 6.33 Å². The molecule has 3 aliphatic rings. The van der Waals surface area contributed by atoms with Gasteiger partial charge in [0.25, 0.3) is 5.91 Å². The van der Waals surface area contributed by atoms with Crippen LogP contribution < -0.4 is 11.1 Å². The summed E-state index contributed by atoms with van der Waals surface area (Å²) in [6.45, 7) is 2.17. The molecule has 11 heteroatoms. The fraction of sp³-hybridized carbons (Fsp3) is 0.667. The van der Waals surface area contributed by atoms with Gasteiger partial charge in [-0.1, -0.05) is 25.7 Å². The van der Waals surface area contributed by atoms with Gasteiger partial charge in [0, 0.05) is 6.04 Å². The van der Waals surface area contributed by atoms with E-state index >= 15 is 0 Å². The number of nitrogens with zero attached hydrogens (tertiary/aromatic N) is 4. The molecule has 3 heterocycles. The number of imidazole rings is 1. The number of aliphatic hydroxyl groups excluding tert-OH is 2. The number of amides is 1. The molecule has 4 atom stereocenters. The van der Waals surface area contributed by atoms with Gasteiger partial charge in [-0.15, -0.1) is 0 Å². The van der Waals surface area contributed by atoms with Crippen LogP contribution in [0.25, 0.3) is 11.2 Å². The number of rotatable bonds is 5. The first-order chi connectivity index (χ1) is 16.8. The zero-order chi connectivity index (χ0) is 24.7. The number of nitrogens with one attached hydrogen (secondary N) is 1. The highest BCUT2D eigenvalue weighted by Gasteiger charge is 2.48. The lowest BCUT2D eigenvalue weighted by Crippen LogP contribution is -2.43. The smallest absolute Gasteiger partial charge is 0.252 e. The molecule has 2 saturated carbocycles. The summed E-state index contributed by atoms with van der Waals surface area (Å²) in [5.74, 6) is 6.15. The number of ether oxygens (including phenoxy) is 1. The predicted octanol–water partition coefficient (Wildman–Crippen LogP) is 0.379. The zero-order valence-corrected chi connectivity index (χ0v) is 19.7. The normalized spacial score (nSPS) is 32.9. The van der Waals surface area contributed by atoms with Gasteiger partial charge >= 0.3 is 0 Å². The molecule has 0 radical (unpaired) electrons. The van der Waals surface area contributed by atoms with Crippen LogP contribution in [0.1, 0.15) is 70.3 Å². The van der Waals surface area contributed by atoms with Crippen LogP contribution in [0.4, 0.5) is 5.82 Å². The molecule has 6 N–H and O–H groups in total. The van der Waals surface area contributed by atoms with Crippen LogP contribution in [-0.2, 0) is 9.53 Å². The maximum atomic E-state index is 12.4. The van der Waals surface area contributed by atoms with Crippen molar-refractivity contribution in [2.45, 2.75) is 94.5 Å². The van der Waals surface area contributed by atoms with E-state index in [4.69, 9.17) is 10.5 Å². The highest BCUT2D eigenvalue weighted by atomic mass is 16.6. The van der Waals surface area contributed by atoms with E-state index in [2.05, 4.69) is 39.0 Å². The highest BCUT2D eigenvalue weighted by molar-refractivity contribution is 5.83. The molecule has 0 bridgehead atoms. The Kier molecular flexibility index (Phi) is 6.40. The van der Waals surface area contributed by atoms with Crippen LogP contribution in [0.2, 0.25) is 0 Å². The molecular formula is C24H32N6O5. The van der Waals surface area contributed by atoms with Crippen molar-refractivity contribution >= 4 is 22.9 Å². The van der Waals surface area contributed by atoms with Crippen LogP contribution >= 0.6 is 0 Å². The second-order valence-electron chi connectivity index (χ2n) is 9.98. The number of aromatic nitrogens is 4. The van der Waals surface area contributed by atoms with E-state index in [-0.39, 0.29) is 28.8 Å². The first-order valence-corrected chi connectivity index (χ1v) is 12.4. The van der Waals surface area contributed by atoms with Crippen molar-refractivity contribution in [3.63, 3.8) is 0 Å². The minimum Gasteiger partial charge on any atom is -0.387 e. The van der Waals surface area contributed by atoms with Crippen LogP contribution in [0.15, 0.2) is 6.33 Å². The Balaban J connectivity index is 1.38. The van der Waals surface area contributed by atoms with Gasteiger partial charge in [-0.2, -0.15) is 0 Å². The zero-order valence-electron chi connectivity index (χ0n) is 19.7. The largest absolute Gasteiger partial charge is 0.387 e. The van der Waals surface area contributed by atoms with Crippen molar-refractivity contribution in [3.05, 3.63) is 12.2 Å². The lowest BCUT2D eigenvalue weighted by Gasteiger charge is -2.32. The summed E-state index contributed by atoms with van der Waals surface area (Å²) in [6, 6.07) is 0.0914. The fourth-order valence-corrected chi connectivity index (χ4v) is 4.95. The Labute approximate surface area is 203 Å². The third kappa shape index (κ3) is 4.84. The third-order valence-corrected chi connectivity index (χ3v) is 7.18.